The molecule has 0 fully saturated rings. The van der Waals surface area contributed by atoms with Crippen LogP contribution >= 0.6 is 11.6 Å². The number of aromatic nitrogens is 2. The molecule has 0 aliphatic carbocycles. The third-order valence-corrected chi connectivity index (χ3v) is 3.37. The van der Waals surface area contributed by atoms with Crippen LogP contribution < -0.4 is 0 Å². The van der Waals surface area contributed by atoms with Gasteiger partial charge in [-0.25, -0.2) is 4.98 Å². The summed E-state index contributed by atoms with van der Waals surface area (Å²) in [7, 11) is 0. The van der Waals surface area contributed by atoms with Gasteiger partial charge in [0.25, 0.3) is 0 Å². The molecule has 0 unspecified atom stereocenters. The van der Waals surface area contributed by atoms with Crippen molar-refractivity contribution in [3.05, 3.63) is 41.3 Å². The maximum Gasteiger partial charge on any atom is 0.138 e. The highest BCUT2D eigenvalue weighted by Crippen LogP contribution is 2.28. The Bertz CT molecular complexity index is 533. The topological polar surface area (TPSA) is 38.0 Å². The Morgan fingerprint density at radius 3 is 2.76 bits per heavy atom. The SMILES string of the molecule is O[C@H]1CCCn2cc(-c3ccc(Cl)cc3)nc21. The average molecular weight is 249 g/mol. The minimum absolute atomic E-state index is 0.426. The van der Waals surface area contributed by atoms with Crippen LogP contribution in [-0.2, 0) is 6.54 Å². The fourth-order valence-corrected chi connectivity index (χ4v) is 2.35. The third-order valence-electron chi connectivity index (χ3n) is 3.12. The summed E-state index contributed by atoms with van der Waals surface area (Å²) < 4.78 is 2.04. The normalized spacial score (nSPS) is 19.1. The molecule has 1 aromatic heterocycles. The van der Waals surface area contributed by atoms with E-state index in [1.807, 2.05) is 35.0 Å². The lowest BCUT2D eigenvalue weighted by Crippen LogP contribution is -2.14. The Balaban J connectivity index is 2.02. The largest absolute Gasteiger partial charge is 0.385 e. The molecular weight excluding hydrogens is 236 g/mol. The van der Waals surface area contributed by atoms with E-state index >= 15 is 0 Å². The molecule has 0 radical (unpaired) electrons. The van der Waals surface area contributed by atoms with Crippen molar-refractivity contribution in [2.24, 2.45) is 0 Å². The number of rotatable bonds is 1. The molecule has 17 heavy (non-hydrogen) atoms. The van der Waals surface area contributed by atoms with Gasteiger partial charge in [-0.1, -0.05) is 23.7 Å². The lowest BCUT2D eigenvalue weighted by atomic mass is 10.1. The van der Waals surface area contributed by atoms with Crippen LogP contribution in [0.2, 0.25) is 5.02 Å². The third kappa shape index (κ3) is 1.96. The number of hydrogen-bond donors (Lipinski definition) is 1. The van der Waals surface area contributed by atoms with Crippen molar-refractivity contribution in [2.75, 3.05) is 0 Å². The number of halogens is 1. The van der Waals surface area contributed by atoms with Gasteiger partial charge in [0.15, 0.2) is 0 Å². The van der Waals surface area contributed by atoms with Crippen LogP contribution in [0.1, 0.15) is 24.8 Å². The van der Waals surface area contributed by atoms with Gasteiger partial charge in [0.1, 0.15) is 11.9 Å². The maximum absolute atomic E-state index is 9.86. The van der Waals surface area contributed by atoms with E-state index < -0.39 is 6.10 Å². The molecule has 3 nitrogen and oxygen atoms in total. The number of fused-ring (bicyclic) bond motifs is 1. The zero-order valence-electron chi connectivity index (χ0n) is 9.31. The van der Waals surface area contributed by atoms with Gasteiger partial charge in [-0.05, 0) is 25.0 Å². The maximum atomic E-state index is 9.86. The van der Waals surface area contributed by atoms with Crippen molar-refractivity contribution in [2.45, 2.75) is 25.5 Å². The van der Waals surface area contributed by atoms with Gasteiger partial charge in [-0.3, -0.25) is 0 Å². The first-order valence-corrected chi connectivity index (χ1v) is 6.13. The minimum Gasteiger partial charge on any atom is -0.385 e. The van der Waals surface area contributed by atoms with Gasteiger partial charge < -0.3 is 9.67 Å². The number of aryl methyl sites for hydroxylation is 1. The highest BCUT2D eigenvalue weighted by molar-refractivity contribution is 6.30. The molecule has 2 aromatic rings. The molecule has 0 saturated heterocycles. The standard InChI is InChI=1S/C13H13ClN2O/c14-10-5-3-9(4-6-10)11-8-16-7-1-2-12(17)13(16)15-11/h3-6,8,12,17H,1-2,7H2/t12-/m0/s1. The zero-order valence-corrected chi connectivity index (χ0v) is 10.1. The summed E-state index contributed by atoms with van der Waals surface area (Å²) in [6.45, 7) is 0.937. The summed E-state index contributed by atoms with van der Waals surface area (Å²) in [5.41, 5.74) is 1.93. The van der Waals surface area contributed by atoms with Gasteiger partial charge in [0.2, 0.25) is 0 Å². The van der Waals surface area contributed by atoms with Gasteiger partial charge in [-0.2, -0.15) is 0 Å². The molecular formula is C13H13ClN2O. The number of nitrogens with zero attached hydrogens (tertiary/aromatic N) is 2. The zero-order chi connectivity index (χ0) is 11.8. The Hall–Kier alpha value is -1.32. The minimum atomic E-state index is -0.426. The summed E-state index contributed by atoms with van der Waals surface area (Å²) in [6, 6.07) is 7.60. The fraction of sp³-hybridized carbons (Fsp3) is 0.308. The van der Waals surface area contributed by atoms with Gasteiger partial charge in [-0.15, -0.1) is 0 Å². The quantitative estimate of drug-likeness (QED) is 0.842. The second-order valence-electron chi connectivity index (χ2n) is 4.34. The van der Waals surface area contributed by atoms with Gasteiger partial charge in [0, 0.05) is 23.3 Å². The molecule has 2 heterocycles. The van der Waals surface area contributed by atoms with Gasteiger partial charge in [0.05, 0.1) is 5.69 Å². The Kier molecular flexibility index (Phi) is 2.65. The van der Waals surface area contributed by atoms with Crippen LogP contribution in [0.4, 0.5) is 0 Å². The van der Waals surface area contributed by atoms with Crippen LogP contribution in [-0.4, -0.2) is 14.7 Å². The molecule has 1 aliphatic heterocycles. The summed E-state index contributed by atoms with van der Waals surface area (Å²) in [4.78, 5) is 4.50. The predicted octanol–water partition coefficient (Wildman–Crippen LogP) is 3.03. The van der Waals surface area contributed by atoms with Crippen LogP contribution in [0.3, 0.4) is 0 Å². The summed E-state index contributed by atoms with van der Waals surface area (Å²) >= 11 is 5.86. The van der Waals surface area contributed by atoms with Crippen LogP contribution in [0.5, 0.6) is 0 Å². The molecule has 3 rings (SSSR count). The monoisotopic (exact) mass is 248 g/mol. The molecule has 0 saturated carbocycles. The van der Waals surface area contributed by atoms with E-state index in [4.69, 9.17) is 11.6 Å². The lowest BCUT2D eigenvalue weighted by molar-refractivity contribution is 0.134. The fourth-order valence-electron chi connectivity index (χ4n) is 2.22. The smallest absolute Gasteiger partial charge is 0.138 e. The second kappa shape index (κ2) is 4.17. The predicted molar refractivity (Wildman–Crippen MR) is 66.9 cm³/mol. The van der Waals surface area contributed by atoms with E-state index in [0.29, 0.717) is 0 Å². The van der Waals surface area contributed by atoms with Crippen LogP contribution in [0.15, 0.2) is 30.5 Å². The molecule has 0 bridgehead atoms. The van der Waals surface area contributed by atoms with Crippen molar-refractivity contribution in [1.29, 1.82) is 0 Å². The number of benzene rings is 1. The summed E-state index contributed by atoms with van der Waals surface area (Å²) in [5, 5.41) is 10.6. The van der Waals surface area contributed by atoms with Gasteiger partial charge >= 0.3 is 0 Å². The van der Waals surface area contributed by atoms with E-state index in [0.717, 1.165) is 41.5 Å². The molecule has 0 spiro atoms. The highest BCUT2D eigenvalue weighted by Gasteiger charge is 2.20. The summed E-state index contributed by atoms with van der Waals surface area (Å²) in [5.74, 6) is 0.779. The second-order valence-corrected chi connectivity index (χ2v) is 4.78. The lowest BCUT2D eigenvalue weighted by Gasteiger charge is -2.18. The Morgan fingerprint density at radius 2 is 2.06 bits per heavy atom. The van der Waals surface area contributed by atoms with E-state index in [1.165, 1.54) is 0 Å². The molecule has 1 atom stereocenters. The molecule has 1 N–H and O–H groups in total. The van der Waals surface area contributed by atoms with E-state index in [2.05, 4.69) is 4.98 Å². The molecule has 1 aliphatic rings. The van der Waals surface area contributed by atoms with Crippen molar-refractivity contribution in [1.82, 2.24) is 9.55 Å². The van der Waals surface area contributed by atoms with Crippen LogP contribution in [0.25, 0.3) is 11.3 Å². The average Bonchev–Trinajstić information content (AvgIpc) is 2.75. The van der Waals surface area contributed by atoms with Crippen molar-refractivity contribution >= 4 is 11.6 Å². The summed E-state index contributed by atoms with van der Waals surface area (Å²) in [6.07, 6.45) is 3.38. The Labute approximate surface area is 105 Å². The number of aliphatic hydroxyl groups is 1. The molecule has 1 aromatic carbocycles. The number of imidazole rings is 1. The first kappa shape index (κ1) is 10.8. The number of hydrogen-bond acceptors (Lipinski definition) is 2. The van der Waals surface area contributed by atoms with Crippen LogP contribution in [0, 0.1) is 0 Å². The van der Waals surface area contributed by atoms with E-state index in [1.54, 1.807) is 0 Å². The van der Waals surface area contributed by atoms with Crippen molar-refractivity contribution in [3.8, 4) is 11.3 Å². The Morgan fingerprint density at radius 1 is 1.29 bits per heavy atom. The molecule has 4 heteroatoms. The van der Waals surface area contributed by atoms with E-state index in [-0.39, 0.29) is 0 Å². The van der Waals surface area contributed by atoms with Crippen molar-refractivity contribution in [3.63, 3.8) is 0 Å². The first-order chi connectivity index (χ1) is 8.24. The molecule has 88 valence electrons. The molecule has 0 amide bonds. The first-order valence-electron chi connectivity index (χ1n) is 5.75. The van der Waals surface area contributed by atoms with E-state index in [9.17, 15) is 5.11 Å². The highest BCUT2D eigenvalue weighted by atomic mass is 35.5. The van der Waals surface area contributed by atoms with Crippen molar-refractivity contribution < 1.29 is 5.11 Å². The number of aliphatic hydroxyl groups excluding tert-OH is 1.